The third-order valence-electron chi connectivity index (χ3n) is 4.49. The van der Waals surface area contributed by atoms with Gasteiger partial charge in [0.25, 0.3) is 0 Å². The van der Waals surface area contributed by atoms with Gasteiger partial charge in [0.05, 0.1) is 0 Å². The SMILES string of the molecule is C[C@H](CN1CC2C(C1)C2(C)C)NC(=O)OC(C)(C)C. The monoisotopic (exact) mass is 268 g/mol. The van der Waals surface area contributed by atoms with Crippen LogP contribution in [-0.4, -0.2) is 42.3 Å². The number of carbonyl (C=O) groups excluding carboxylic acids is 1. The molecule has 1 aliphatic heterocycles. The fourth-order valence-electron chi connectivity index (χ4n) is 3.30. The molecule has 3 atom stereocenters. The molecule has 2 fully saturated rings. The first-order valence-electron chi connectivity index (χ1n) is 7.31. The quantitative estimate of drug-likeness (QED) is 0.855. The minimum absolute atomic E-state index is 0.135. The van der Waals surface area contributed by atoms with Crippen LogP contribution in [0.1, 0.15) is 41.5 Å². The lowest BCUT2D eigenvalue weighted by molar-refractivity contribution is 0.0497. The van der Waals surface area contributed by atoms with E-state index in [1.165, 1.54) is 13.1 Å². The number of hydrogen-bond donors (Lipinski definition) is 1. The van der Waals surface area contributed by atoms with E-state index < -0.39 is 5.60 Å². The number of amides is 1. The van der Waals surface area contributed by atoms with Gasteiger partial charge in [-0.2, -0.15) is 0 Å². The van der Waals surface area contributed by atoms with Gasteiger partial charge in [0, 0.05) is 25.7 Å². The third-order valence-corrected chi connectivity index (χ3v) is 4.49. The lowest BCUT2D eigenvalue weighted by Gasteiger charge is -2.26. The van der Waals surface area contributed by atoms with Gasteiger partial charge in [0.15, 0.2) is 0 Å². The summed E-state index contributed by atoms with van der Waals surface area (Å²) in [6.07, 6.45) is -0.315. The molecule has 0 aromatic carbocycles. The number of rotatable bonds is 3. The maximum Gasteiger partial charge on any atom is 0.407 e. The highest BCUT2D eigenvalue weighted by atomic mass is 16.6. The fourth-order valence-corrected chi connectivity index (χ4v) is 3.30. The Balaban J connectivity index is 1.69. The number of carbonyl (C=O) groups is 1. The van der Waals surface area contributed by atoms with E-state index in [1.807, 2.05) is 27.7 Å². The fraction of sp³-hybridized carbons (Fsp3) is 0.933. The van der Waals surface area contributed by atoms with E-state index in [0.29, 0.717) is 5.41 Å². The summed E-state index contributed by atoms with van der Waals surface area (Å²) < 4.78 is 5.27. The zero-order chi connectivity index (χ0) is 14.4. The van der Waals surface area contributed by atoms with E-state index in [0.717, 1.165) is 18.4 Å². The van der Waals surface area contributed by atoms with E-state index in [2.05, 4.69) is 24.1 Å². The number of ether oxygens (including phenoxy) is 1. The van der Waals surface area contributed by atoms with Crippen LogP contribution < -0.4 is 5.32 Å². The zero-order valence-corrected chi connectivity index (χ0v) is 13.1. The van der Waals surface area contributed by atoms with E-state index >= 15 is 0 Å². The Bertz CT molecular complexity index is 346. The third kappa shape index (κ3) is 3.41. The predicted octanol–water partition coefficient (Wildman–Crippen LogP) is 2.49. The Morgan fingerprint density at radius 2 is 1.89 bits per heavy atom. The van der Waals surface area contributed by atoms with Crippen LogP contribution >= 0.6 is 0 Å². The van der Waals surface area contributed by atoms with Crippen molar-refractivity contribution in [3.05, 3.63) is 0 Å². The van der Waals surface area contributed by atoms with Crippen LogP contribution in [0.5, 0.6) is 0 Å². The highest BCUT2D eigenvalue weighted by Gasteiger charge is 2.61. The Hall–Kier alpha value is -0.770. The van der Waals surface area contributed by atoms with Gasteiger partial charge < -0.3 is 15.0 Å². The Kier molecular flexibility index (Phi) is 3.58. The molecule has 2 aliphatic rings. The molecule has 110 valence electrons. The van der Waals surface area contributed by atoms with Gasteiger partial charge in [-0.05, 0) is 44.9 Å². The molecule has 4 nitrogen and oxygen atoms in total. The van der Waals surface area contributed by atoms with Gasteiger partial charge in [-0.15, -0.1) is 0 Å². The van der Waals surface area contributed by atoms with E-state index in [-0.39, 0.29) is 12.1 Å². The number of nitrogens with zero attached hydrogens (tertiary/aromatic N) is 1. The van der Waals surface area contributed by atoms with Crippen LogP contribution in [0.25, 0.3) is 0 Å². The molecule has 19 heavy (non-hydrogen) atoms. The van der Waals surface area contributed by atoms with Crippen molar-refractivity contribution in [2.24, 2.45) is 17.3 Å². The molecule has 1 saturated heterocycles. The minimum atomic E-state index is -0.427. The summed E-state index contributed by atoms with van der Waals surface area (Å²) in [7, 11) is 0. The topological polar surface area (TPSA) is 41.6 Å². The van der Waals surface area contributed by atoms with E-state index in [1.54, 1.807) is 0 Å². The number of alkyl carbamates (subject to hydrolysis) is 1. The highest BCUT2D eigenvalue weighted by Crippen LogP contribution is 2.61. The number of hydrogen-bond acceptors (Lipinski definition) is 3. The Morgan fingerprint density at radius 1 is 1.37 bits per heavy atom. The second kappa shape index (κ2) is 4.65. The highest BCUT2D eigenvalue weighted by molar-refractivity contribution is 5.68. The first-order valence-corrected chi connectivity index (χ1v) is 7.31. The van der Waals surface area contributed by atoms with Crippen molar-refractivity contribution in [2.45, 2.75) is 53.2 Å². The molecule has 0 aromatic heterocycles. The molecule has 0 bridgehead atoms. The van der Waals surface area contributed by atoms with Crippen molar-refractivity contribution in [1.82, 2.24) is 10.2 Å². The molecular formula is C15H28N2O2. The van der Waals surface area contributed by atoms with Crippen molar-refractivity contribution < 1.29 is 9.53 Å². The van der Waals surface area contributed by atoms with Crippen LogP contribution in [0.2, 0.25) is 0 Å². The number of nitrogens with one attached hydrogen (secondary N) is 1. The smallest absolute Gasteiger partial charge is 0.407 e. The molecule has 2 rings (SSSR count). The maximum atomic E-state index is 11.7. The first kappa shape index (κ1) is 14.6. The maximum absolute atomic E-state index is 11.7. The van der Waals surface area contributed by atoms with E-state index in [9.17, 15) is 4.79 Å². The van der Waals surface area contributed by atoms with Crippen LogP contribution in [0.15, 0.2) is 0 Å². The van der Waals surface area contributed by atoms with Crippen LogP contribution in [0.3, 0.4) is 0 Å². The van der Waals surface area contributed by atoms with Gasteiger partial charge in [-0.25, -0.2) is 4.79 Å². The number of fused-ring (bicyclic) bond motifs is 1. The second-order valence-electron chi connectivity index (χ2n) is 7.80. The van der Waals surface area contributed by atoms with Crippen molar-refractivity contribution in [3.63, 3.8) is 0 Å². The Morgan fingerprint density at radius 3 is 2.37 bits per heavy atom. The Labute approximate surface area is 116 Å². The average molecular weight is 268 g/mol. The summed E-state index contributed by atoms with van der Waals surface area (Å²) in [6.45, 7) is 15.7. The summed E-state index contributed by atoms with van der Waals surface area (Å²) in [5.41, 5.74) is 0.126. The van der Waals surface area contributed by atoms with Crippen molar-refractivity contribution in [1.29, 1.82) is 0 Å². The molecule has 0 radical (unpaired) electrons. The molecule has 1 heterocycles. The molecular weight excluding hydrogens is 240 g/mol. The normalized spacial score (nSPS) is 30.6. The molecule has 1 aliphatic carbocycles. The minimum Gasteiger partial charge on any atom is -0.444 e. The molecule has 4 heteroatoms. The first-order chi connectivity index (χ1) is 8.59. The van der Waals surface area contributed by atoms with Gasteiger partial charge in [0.1, 0.15) is 5.60 Å². The molecule has 1 amide bonds. The standard InChI is InChI=1S/C15H28N2O2/c1-10(16-13(18)19-14(2,3)4)7-17-8-11-12(9-17)15(11,5)6/h10-12H,7-9H2,1-6H3,(H,16,18)/t10-,11?,12?/m1/s1. The molecule has 1 N–H and O–H groups in total. The lowest BCUT2D eigenvalue weighted by Crippen LogP contribution is -2.44. The average Bonchev–Trinajstić information content (AvgIpc) is 2.57. The summed E-state index contributed by atoms with van der Waals surface area (Å²) in [4.78, 5) is 14.1. The lowest BCUT2D eigenvalue weighted by atomic mass is 10.1. The van der Waals surface area contributed by atoms with Crippen LogP contribution in [0, 0.1) is 17.3 Å². The van der Waals surface area contributed by atoms with Crippen LogP contribution in [-0.2, 0) is 4.74 Å². The number of piperidine rings is 1. The summed E-state index contributed by atoms with van der Waals surface area (Å²) in [6, 6.07) is 0.135. The van der Waals surface area contributed by atoms with Crippen molar-refractivity contribution in [2.75, 3.05) is 19.6 Å². The largest absolute Gasteiger partial charge is 0.444 e. The zero-order valence-electron chi connectivity index (χ0n) is 13.1. The van der Waals surface area contributed by atoms with Crippen molar-refractivity contribution in [3.8, 4) is 0 Å². The van der Waals surface area contributed by atoms with Crippen molar-refractivity contribution >= 4 is 6.09 Å². The molecule has 0 aromatic rings. The second-order valence-corrected chi connectivity index (χ2v) is 7.80. The van der Waals surface area contributed by atoms with Gasteiger partial charge in [-0.3, -0.25) is 0 Å². The summed E-state index contributed by atoms with van der Waals surface area (Å²) in [5, 5.41) is 2.91. The molecule has 1 saturated carbocycles. The molecule has 0 spiro atoms. The summed E-state index contributed by atoms with van der Waals surface area (Å²) >= 11 is 0. The van der Waals surface area contributed by atoms with Gasteiger partial charge in [0.2, 0.25) is 0 Å². The molecule has 2 unspecified atom stereocenters. The van der Waals surface area contributed by atoms with Crippen LogP contribution in [0.4, 0.5) is 4.79 Å². The number of likely N-dealkylation sites (tertiary alicyclic amines) is 1. The predicted molar refractivity (Wildman–Crippen MR) is 76.0 cm³/mol. The van der Waals surface area contributed by atoms with Gasteiger partial charge in [-0.1, -0.05) is 13.8 Å². The van der Waals surface area contributed by atoms with Gasteiger partial charge >= 0.3 is 6.09 Å². The summed E-state index contributed by atoms with van der Waals surface area (Å²) in [5.74, 6) is 1.72. The van der Waals surface area contributed by atoms with E-state index in [4.69, 9.17) is 4.74 Å².